The summed E-state index contributed by atoms with van der Waals surface area (Å²) in [5, 5.41) is 43.9. The topological polar surface area (TPSA) is 133 Å². The van der Waals surface area contributed by atoms with E-state index in [-0.39, 0.29) is 29.6 Å². The summed E-state index contributed by atoms with van der Waals surface area (Å²) in [6.45, 7) is 5.37. The second kappa shape index (κ2) is 7.37. The molecule has 0 aromatic carbocycles. The van der Waals surface area contributed by atoms with Crippen molar-refractivity contribution in [3.63, 3.8) is 0 Å². The van der Waals surface area contributed by atoms with Gasteiger partial charge in [-0.25, -0.2) is 4.79 Å². The summed E-state index contributed by atoms with van der Waals surface area (Å²) in [4.78, 5) is 17.1. The Morgan fingerprint density at radius 2 is 1.94 bits per heavy atom. The van der Waals surface area contributed by atoms with Gasteiger partial charge in [-0.3, -0.25) is 4.98 Å². The SMILES string of the molecule is C[C@]12CC[C@H](O)[C@@](C)(CO)C1CC(O)[C@@]1(C)Oc3cc(-c4cccnc4)oc(=O)c3[C@H](O)C21. The Bertz CT molecular complexity index is 1120. The van der Waals surface area contributed by atoms with Gasteiger partial charge in [0.15, 0.2) is 0 Å². The van der Waals surface area contributed by atoms with Gasteiger partial charge in [-0.1, -0.05) is 13.8 Å². The zero-order chi connectivity index (χ0) is 23.8. The van der Waals surface area contributed by atoms with Crippen molar-refractivity contribution in [2.24, 2.45) is 22.7 Å². The Morgan fingerprint density at radius 3 is 2.61 bits per heavy atom. The number of aliphatic hydroxyl groups is 4. The zero-order valence-electron chi connectivity index (χ0n) is 19.1. The number of aromatic nitrogens is 1. The minimum absolute atomic E-state index is 0.0380. The van der Waals surface area contributed by atoms with Gasteiger partial charge in [-0.2, -0.15) is 0 Å². The van der Waals surface area contributed by atoms with E-state index in [9.17, 15) is 25.2 Å². The van der Waals surface area contributed by atoms with Crippen LogP contribution in [0.4, 0.5) is 0 Å². The molecule has 178 valence electrons. The number of nitrogens with zero attached hydrogens (tertiary/aromatic N) is 1. The predicted molar refractivity (Wildman–Crippen MR) is 118 cm³/mol. The molecule has 8 heteroatoms. The Kier molecular flexibility index (Phi) is 5.03. The molecule has 1 aliphatic heterocycles. The van der Waals surface area contributed by atoms with Crippen LogP contribution in [0.15, 0.2) is 39.8 Å². The lowest BCUT2D eigenvalue weighted by molar-refractivity contribution is -0.264. The average molecular weight is 458 g/mol. The summed E-state index contributed by atoms with van der Waals surface area (Å²) in [5.74, 6) is -0.465. The number of aliphatic hydroxyl groups excluding tert-OH is 4. The zero-order valence-corrected chi connectivity index (χ0v) is 19.1. The average Bonchev–Trinajstić information content (AvgIpc) is 2.78. The number of rotatable bonds is 2. The minimum Gasteiger partial charge on any atom is -0.484 e. The van der Waals surface area contributed by atoms with E-state index in [0.29, 0.717) is 24.8 Å². The molecule has 3 unspecified atom stereocenters. The number of hydrogen-bond donors (Lipinski definition) is 4. The maximum Gasteiger partial charge on any atom is 0.345 e. The van der Waals surface area contributed by atoms with Crippen molar-refractivity contribution in [3.8, 4) is 17.1 Å². The first-order chi connectivity index (χ1) is 15.6. The highest BCUT2D eigenvalue weighted by atomic mass is 16.5. The van der Waals surface area contributed by atoms with E-state index in [1.165, 1.54) is 0 Å². The van der Waals surface area contributed by atoms with Gasteiger partial charge in [0, 0.05) is 35.4 Å². The molecule has 8 nitrogen and oxygen atoms in total. The molecule has 0 amide bonds. The highest BCUT2D eigenvalue weighted by Crippen LogP contribution is 2.66. The van der Waals surface area contributed by atoms with E-state index < -0.39 is 46.3 Å². The molecule has 0 saturated heterocycles. The maximum atomic E-state index is 13.1. The second-order valence-corrected chi connectivity index (χ2v) is 10.7. The lowest BCUT2D eigenvalue weighted by Gasteiger charge is -2.66. The number of fused-ring (bicyclic) bond motifs is 4. The van der Waals surface area contributed by atoms with Crippen molar-refractivity contribution < 1.29 is 29.6 Å². The van der Waals surface area contributed by atoms with E-state index in [2.05, 4.69) is 4.98 Å². The fourth-order valence-corrected chi connectivity index (χ4v) is 7.08. The summed E-state index contributed by atoms with van der Waals surface area (Å²) in [7, 11) is 0. The van der Waals surface area contributed by atoms with Crippen molar-refractivity contribution in [1.29, 1.82) is 0 Å². The molecule has 0 spiro atoms. The molecule has 2 aromatic rings. The third-order valence-electron chi connectivity index (χ3n) is 8.94. The molecule has 2 aromatic heterocycles. The number of hydrogen-bond acceptors (Lipinski definition) is 8. The van der Waals surface area contributed by atoms with Crippen LogP contribution in [0.3, 0.4) is 0 Å². The van der Waals surface area contributed by atoms with Gasteiger partial charge >= 0.3 is 5.63 Å². The van der Waals surface area contributed by atoms with Crippen LogP contribution in [0.1, 0.15) is 51.7 Å². The molecule has 4 N–H and O–H groups in total. The first kappa shape index (κ1) is 22.5. The molecule has 3 aliphatic rings. The molecule has 3 heterocycles. The first-order valence-corrected chi connectivity index (χ1v) is 11.5. The standard InChI is InChI=1S/C25H31NO7/c1-23-7-6-17(28)24(2,12-27)16(23)10-18(29)25(3)21(23)20(30)19-15(33-25)9-14(32-22(19)31)13-5-4-8-26-11-13/h4-5,8-9,11,16-18,20-21,27-30H,6-7,10,12H2,1-3H3/t16?,17-,18?,20-,21?,23-,24-,25+/m0/s1. The summed E-state index contributed by atoms with van der Waals surface area (Å²) >= 11 is 0. The van der Waals surface area contributed by atoms with Gasteiger partial charge in [-0.15, -0.1) is 0 Å². The van der Waals surface area contributed by atoms with Gasteiger partial charge in [0.05, 0.1) is 24.9 Å². The van der Waals surface area contributed by atoms with E-state index >= 15 is 0 Å². The van der Waals surface area contributed by atoms with Crippen LogP contribution in [0.2, 0.25) is 0 Å². The van der Waals surface area contributed by atoms with E-state index in [1.54, 1.807) is 37.5 Å². The normalized spacial score (nSPS) is 42.0. The summed E-state index contributed by atoms with van der Waals surface area (Å²) < 4.78 is 11.9. The quantitative estimate of drug-likeness (QED) is 0.539. The molecule has 5 rings (SSSR count). The molecule has 2 fully saturated rings. The highest BCUT2D eigenvalue weighted by Gasteiger charge is 2.68. The molecule has 0 radical (unpaired) electrons. The minimum atomic E-state index is -1.24. The van der Waals surface area contributed by atoms with E-state index in [1.807, 2.05) is 13.8 Å². The Morgan fingerprint density at radius 1 is 1.18 bits per heavy atom. The van der Waals surface area contributed by atoms with Crippen LogP contribution in [-0.4, -0.2) is 49.8 Å². The number of ether oxygens (including phenoxy) is 1. The summed E-state index contributed by atoms with van der Waals surface area (Å²) in [6, 6.07) is 5.05. The molecule has 8 atom stereocenters. The third-order valence-corrected chi connectivity index (χ3v) is 8.94. The highest BCUT2D eigenvalue weighted by molar-refractivity contribution is 5.59. The van der Waals surface area contributed by atoms with Crippen LogP contribution in [0, 0.1) is 22.7 Å². The molecule has 0 bridgehead atoms. The maximum absolute atomic E-state index is 13.1. The van der Waals surface area contributed by atoms with Gasteiger partial charge < -0.3 is 29.6 Å². The molecular weight excluding hydrogens is 426 g/mol. The lowest BCUT2D eigenvalue weighted by Crippen LogP contribution is -2.70. The van der Waals surface area contributed by atoms with E-state index in [4.69, 9.17) is 9.15 Å². The van der Waals surface area contributed by atoms with Crippen molar-refractivity contribution in [2.45, 2.75) is 63.9 Å². The monoisotopic (exact) mass is 457 g/mol. The van der Waals surface area contributed by atoms with Crippen LogP contribution >= 0.6 is 0 Å². The third kappa shape index (κ3) is 2.97. The Hall–Kier alpha value is -2.26. The van der Waals surface area contributed by atoms with Crippen molar-refractivity contribution in [1.82, 2.24) is 4.98 Å². The molecular formula is C25H31NO7. The second-order valence-electron chi connectivity index (χ2n) is 10.7. The fourth-order valence-electron chi connectivity index (χ4n) is 7.08. The smallest absolute Gasteiger partial charge is 0.345 e. The van der Waals surface area contributed by atoms with Crippen molar-refractivity contribution in [3.05, 3.63) is 46.6 Å². The molecule has 2 saturated carbocycles. The largest absolute Gasteiger partial charge is 0.484 e. The number of pyridine rings is 1. The predicted octanol–water partition coefficient (Wildman–Crippen LogP) is 2.04. The Labute approximate surface area is 191 Å². The fraction of sp³-hybridized carbons (Fsp3) is 0.600. The van der Waals surface area contributed by atoms with Crippen LogP contribution < -0.4 is 10.4 Å². The molecule has 2 aliphatic carbocycles. The van der Waals surface area contributed by atoms with Crippen LogP contribution in [-0.2, 0) is 0 Å². The van der Waals surface area contributed by atoms with Crippen molar-refractivity contribution in [2.75, 3.05) is 6.61 Å². The van der Waals surface area contributed by atoms with Crippen LogP contribution in [0.25, 0.3) is 11.3 Å². The lowest BCUT2D eigenvalue weighted by atomic mass is 9.42. The summed E-state index contributed by atoms with van der Waals surface area (Å²) in [6.07, 6.45) is 1.56. The van der Waals surface area contributed by atoms with Gasteiger partial charge in [0.1, 0.15) is 22.7 Å². The van der Waals surface area contributed by atoms with Gasteiger partial charge in [-0.05, 0) is 49.7 Å². The first-order valence-electron chi connectivity index (χ1n) is 11.5. The van der Waals surface area contributed by atoms with Crippen LogP contribution in [0.5, 0.6) is 5.75 Å². The van der Waals surface area contributed by atoms with Crippen molar-refractivity contribution >= 4 is 0 Å². The molecule has 33 heavy (non-hydrogen) atoms. The van der Waals surface area contributed by atoms with E-state index in [0.717, 1.165) is 0 Å². The van der Waals surface area contributed by atoms with Gasteiger partial charge in [0.25, 0.3) is 0 Å². The van der Waals surface area contributed by atoms with Gasteiger partial charge in [0.2, 0.25) is 0 Å². The summed E-state index contributed by atoms with van der Waals surface area (Å²) in [5.41, 5.74) is -2.67. The Balaban J connectivity index is 1.65.